The molecular formula is C20H22N2O5S. The molecule has 0 aliphatic carbocycles. The zero-order valence-corrected chi connectivity index (χ0v) is 16.9. The van der Waals surface area contributed by atoms with Crippen LogP contribution in [0.3, 0.4) is 0 Å². The number of oxazole rings is 1. The van der Waals surface area contributed by atoms with Gasteiger partial charge in [-0.2, -0.15) is 0 Å². The molecule has 1 heterocycles. The van der Waals surface area contributed by atoms with E-state index in [1.807, 2.05) is 27.7 Å². The van der Waals surface area contributed by atoms with E-state index < -0.39 is 16.0 Å². The summed E-state index contributed by atoms with van der Waals surface area (Å²) in [5, 5.41) is 9.18. The number of benzene rings is 2. The van der Waals surface area contributed by atoms with Gasteiger partial charge in [-0.1, -0.05) is 33.8 Å². The third kappa shape index (κ3) is 3.87. The van der Waals surface area contributed by atoms with E-state index in [9.17, 15) is 18.3 Å². The minimum atomic E-state index is -3.97. The van der Waals surface area contributed by atoms with Gasteiger partial charge in [0.1, 0.15) is 5.52 Å². The van der Waals surface area contributed by atoms with Crippen LogP contribution < -0.4 is 4.72 Å². The lowest BCUT2D eigenvalue weighted by Crippen LogP contribution is -2.16. The zero-order chi connectivity index (χ0) is 20.7. The first-order valence-corrected chi connectivity index (χ1v) is 10.3. The van der Waals surface area contributed by atoms with E-state index in [1.54, 1.807) is 18.2 Å². The summed E-state index contributed by atoms with van der Waals surface area (Å²) in [5.41, 5.74) is 1.61. The van der Waals surface area contributed by atoms with Crippen LogP contribution in [0.4, 0.5) is 5.69 Å². The minimum absolute atomic E-state index is 0.0504. The number of carboxylic acid groups (broad SMARTS) is 1. The van der Waals surface area contributed by atoms with Crippen molar-refractivity contribution in [3.05, 3.63) is 53.4 Å². The number of carbonyl (C=O) groups is 1. The fourth-order valence-electron chi connectivity index (χ4n) is 2.75. The second kappa shape index (κ2) is 6.94. The van der Waals surface area contributed by atoms with Crippen molar-refractivity contribution in [2.45, 2.75) is 44.4 Å². The van der Waals surface area contributed by atoms with Crippen LogP contribution in [0.5, 0.6) is 0 Å². The molecule has 0 radical (unpaired) electrons. The molecule has 3 rings (SSSR count). The van der Waals surface area contributed by atoms with Crippen LogP contribution in [-0.4, -0.2) is 24.5 Å². The van der Waals surface area contributed by atoms with E-state index in [2.05, 4.69) is 9.71 Å². The molecule has 8 heteroatoms. The SMILES string of the molecule is CCc1ccc(C(=O)O)cc1S(=O)(=O)Nc1ccc2oc(C(C)(C)C)nc2c1. The second-order valence-electron chi connectivity index (χ2n) is 7.54. The molecule has 0 bridgehead atoms. The Kier molecular flexibility index (Phi) is 4.93. The molecule has 0 unspecified atom stereocenters. The van der Waals surface area contributed by atoms with Crippen molar-refractivity contribution in [3.63, 3.8) is 0 Å². The lowest BCUT2D eigenvalue weighted by molar-refractivity contribution is 0.0696. The molecule has 0 saturated heterocycles. The molecule has 1 aromatic heterocycles. The van der Waals surface area contributed by atoms with Crippen LogP contribution in [0.15, 0.2) is 45.7 Å². The molecule has 2 aromatic carbocycles. The van der Waals surface area contributed by atoms with Gasteiger partial charge in [0.15, 0.2) is 5.58 Å². The average molecular weight is 402 g/mol. The van der Waals surface area contributed by atoms with Gasteiger partial charge in [0, 0.05) is 5.41 Å². The lowest BCUT2D eigenvalue weighted by atomic mass is 9.97. The van der Waals surface area contributed by atoms with Crippen LogP contribution in [0.2, 0.25) is 0 Å². The van der Waals surface area contributed by atoms with Gasteiger partial charge < -0.3 is 9.52 Å². The van der Waals surface area contributed by atoms with Crippen molar-refractivity contribution >= 4 is 32.8 Å². The number of nitrogens with one attached hydrogen (secondary N) is 1. The average Bonchev–Trinajstić information content (AvgIpc) is 3.04. The Morgan fingerprint density at radius 2 is 1.89 bits per heavy atom. The maximum absolute atomic E-state index is 12.9. The van der Waals surface area contributed by atoms with Crippen molar-refractivity contribution in [1.82, 2.24) is 4.98 Å². The molecule has 28 heavy (non-hydrogen) atoms. The third-order valence-corrected chi connectivity index (χ3v) is 5.73. The highest BCUT2D eigenvalue weighted by Crippen LogP contribution is 2.28. The molecule has 0 atom stereocenters. The van der Waals surface area contributed by atoms with Crippen LogP contribution in [0.25, 0.3) is 11.1 Å². The number of nitrogens with zero attached hydrogens (tertiary/aromatic N) is 1. The van der Waals surface area contributed by atoms with E-state index >= 15 is 0 Å². The number of fused-ring (bicyclic) bond motifs is 1. The lowest BCUT2D eigenvalue weighted by Gasteiger charge is -2.12. The van der Waals surface area contributed by atoms with Gasteiger partial charge in [0.2, 0.25) is 5.89 Å². The van der Waals surface area contributed by atoms with Crippen molar-refractivity contribution in [2.24, 2.45) is 0 Å². The minimum Gasteiger partial charge on any atom is -0.478 e. The Bertz CT molecular complexity index is 1160. The first-order valence-electron chi connectivity index (χ1n) is 8.81. The number of aryl methyl sites for hydroxylation is 1. The molecule has 148 valence electrons. The van der Waals surface area contributed by atoms with Gasteiger partial charge in [-0.15, -0.1) is 0 Å². The third-order valence-electron chi connectivity index (χ3n) is 4.27. The smallest absolute Gasteiger partial charge is 0.335 e. The predicted molar refractivity (Wildman–Crippen MR) is 106 cm³/mol. The van der Waals surface area contributed by atoms with Crippen molar-refractivity contribution < 1.29 is 22.7 Å². The molecule has 0 amide bonds. The summed E-state index contributed by atoms with van der Waals surface area (Å²) < 4.78 is 34.1. The normalized spacial score (nSPS) is 12.3. The molecule has 0 spiro atoms. The Hall–Kier alpha value is -2.87. The van der Waals surface area contributed by atoms with Gasteiger partial charge in [-0.3, -0.25) is 4.72 Å². The van der Waals surface area contributed by atoms with Crippen molar-refractivity contribution in [1.29, 1.82) is 0 Å². The number of hydrogen-bond acceptors (Lipinski definition) is 5. The van der Waals surface area contributed by atoms with E-state index in [0.29, 0.717) is 34.7 Å². The maximum Gasteiger partial charge on any atom is 0.335 e. The van der Waals surface area contributed by atoms with Gasteiger partial charge >= 0.3 is 5.97 Å². The summed E-state index contributed by atoms with van der Waals surface area (Å²) in [6.45, 7) is 7.74. The molecule has 7 nitrogen and oxygen atoms in total. The number of carboxylic acids is 1. The van der Waals surface area contributed by atoms with Gasteiger partial charge in [0.05, 0.1) is 16.1 Å². The number of anilines is 1. The van der Waals surface area contributed by atoms with Gasteiger partial charge in [-0.25, -0.2) is 18.2 Å². The monoisotopic (exact) mass is 402 g/mol. The molecule has 2 N–H and O–H groups in total. The highest BCUT2D eigenvalue weighted by molar-refractivity contribution is 7.92. The summed E-state index contributed by atoms with van der Waals surface area (Å²) in [6, 6.07) is 8.94. The van der Waals surface area contributed by atoms with Gasteiger partial charge in [0.25, 0.3) is 10.0 Å². The molecule has 0 fully saturated rings. The van der Waals surface area contributed by atoms with Crippen LogP contribution >= 0.6 is 0 Å². The maximum atomic E-state index is 12.9. The summed E-state index contributed by atoms with van der Waals surface area (Å²) >= 11 is 0. The second-order valence-corrected chi connectivity index (χ2v) is 9.19. The number of sulfonamides is 1. The summed E-state index contributed by atoms with van der Waals surface area (Å²) in [7, 11) is -3.97. The summed E-state index contributed by atoms with van der Waals surface area (Å²) in [6.07, 6.45) is 0.452. The Morgan fingerprint density at radius 3 is 2.50 bits per heavy atom. The van der Waals surface area contributed by atoms with E-state index in [0.717, 1.165) is 0 Å². The fraction of sp³-hybridized carbons (Fsp3) is 0.300. The number of rotatable bonds is 5. The quantitative estimate of drug-likeness (QED) is 0.662. The first-order chi connectivity index (χ1) is 13.0. The first kappa shape index (κ1) is 19.9. The topological polar surface area (TPSA) is 110 Å². The van der Waals surface area contributed by atoms with Crippen LogP contribution in [-0.2, 0) is 21.9 Å². The Morgan fingerprint density at radius 1 is 1.18 bits per heavy atom. The Balaban J connectivity index is 2.00. The van der Waals surface area contributed by atoms with Crippen molar-refractivity contribution in [2.75, 3.05) is 4.72 Å². The highest BCUT2D eigenvalue weighted by Gasteiger charge is 2.23. The molecule has 0 aliphatic heterocycles. The zero-order valence-electron chi connectivity index (χ0n) is 16.1. The van der Waals surface area contributed by atoms with Crippen LogP contribution in [0.1, 0.15) is 49.5 Å². The number of hydrogen-bond donors (Lipinski definition) is 2. The Labute approximate surface area is 163 Å². The van der Waals surface area contributed by atoms with E-state index in [4.69, 9.17) is 4.42 Å². The molecular weight excluding hydrogens is 380 g/mol. The summed E-state index contributed by atoms with van der Waals surface area (Å²) in [4.78, 5) is 15.6. The molecule has 0 aliphatic rings. The molecule has 0 saturated carbocycles. The number of aromatic nitrogens is 1. The largest absolute Gasteiger partial charge is 0.478 e. The highest BCUT2D eigenvalue weighted by atomic mass is 32.2. The van der Waals surface area contributed by atoms with Gasteiger partial charge in [-0.05, 0) is 42.3 Å². The van der Waals surface area contributed by atoms with Crippen molar-refractivity contribution in [3.8, 4) is 0 Å². The van der Waals surface area contributed by atoms with E-state index in [-0.39, 0.29) is 15.9 Å². The van der Waals surface area contributed by atoms with Crippen LogP contribution in [0, 0.1) is 0 Å². The standard InChI is InChI=1S/C20H22N2O5S/c1-5-12-6-7-13(18(23)24)10-17(12)28(25,26)22-14-8-9-16-15(11-14)21-19(27-16)20(2,3)4/h6-11,22H,5H2,1-4H3,(H,23,24). The van der Waals surface area contributed by atoms with E-state index in [1.165, 1.54) is 18.2 Å². The summed E-state index contributed by atoms with van der Waals surface area (Å²) in [5.74, 6) is -0.622. The molecule has 3 aromatic rings. The predicted octanol–water partition coefficient (Wildman–Crippen LogP) is 4.19. The number of aromatic carboxylic acids is 1. The fourth-order valence-corrected chi connectivity index (χ4v) is 4.14.